The lowest BCUT2D eigenvalue weighted by atomic mass is 10.1. The SMILES string of the molecule is COc1ccc2c(=O)n(-c3ccc(OCCCN4CCCCC4)cc3)c(C)nc2c1. The molecule has 0 saturated carbocycles. The van der Waals surface area contributed by atoms with Gasteiger partial charge in [0, 0.05) is 12.6 Å². The Morgan fingerprint density at radius 2 is 1.73 bits per heavy atom. The first-order chi connectivity index (χ1) is 14.7. The van der Waals surface area contributed by atoms with E-state index < -0.39 is 0 Å². The van der Waals surface area contributed by atoms with Crippen LogP contribution in [0.4, 0.5) is 0 Å². The van der Waals surface area contributed by atoms with Crippen LogP contribution in [0.1, 0.15) is 31.5 Å². The molecule has 2 heterocycles. The molecular weight excluding hydrogens is 378 g/mol. The Hall–Kier alpha value is -2.86. The molecule has 30 heavy (non-hydrogen) atoms. The molecule has 1 fully saturated rings. The molecule has 3 aromatic rings. The van der Waals surface area contributed by atoms with Crippen LogP contribution in [0.2, 0.25) is 0 Å². The van der Waals surface area contributed by atoms with Crippen molar-refractivity contribution in [2.75, 3.05) is 33.4 Å². The van der Waals surface area contributed by atoms with E-state index in [1.54, 1.807) is 29.9 Å². The van der Waals surface area contributed by atoms with Gasteiger partial charge in [0.25, 0.3) is 5.56 Å². The number of aryl methyl sites for hydroxylation is 1. The molecule has 0 aliphatic carbocycles. The van der Waals surface area contributed by atoms with Gasteiger partial charge in [0.15, 0.2) is 0 Å². The second-order valence-electron chi connectivity index (χ2n) is 7.78. The van der Waals surface area contributed by atoms with Crippen molar-refractivity contribution in [2.45, 2.75) is 32.6 Å². The summed E-state index contributed by atoms with van der Waals surface area (Å²) in [4.78, 5) is 20.2. The fourth-order valence-corrected chi connectivity index (χ4v) is 4.06. The van der Waals surface area contributed by atoms with Crippen molar-refractivity contribution in [3.05, 3.63) is 58.6 Å². The molecule has 0 radical (unpaired) electrons. The van der Waals surface area contributed by atoms with Gasteiger partial charge in [-0.25, -0.2) is 4.98 Å². The Bertz CT molecular complexity index is 1050. The van der Waals surface area contributed by atoms with Gasteiger partial charge in [-0.15, -0.1) is 0 Å². The summed E-state index contributed by atoms with van der Waals surface area (Å²) in [5, 5.41) is 0.569. The van der Waals surface area contributed by atoms with Gasteiger partial charge >= 0.3 is 0 Å². The summed E-state index contributed by atoms with van der Waals surface area (Å²) in [6, 6.07) is 13.0. The Balaban J connectivity index is 1.44. The minimum atomic E-state index is -0.0876. The zero-order valence-corrected chi connectivity index (χ0v) is 17.8. The molecule has 0 amide bonds. The summed E-state index contributed by atoms with van der Waals surface area (Å²) in [5.41, 5.74) is 1.33. The van der Waals surface area contributed by atoms with E-state index in [1.165, 1.54) is 32.4 Å². The number of hydrogen-bond donors (Lipinski definition) is 0. The van der Waals surface area contributed by atoms with Crippen LogP contribution in [0.15, 0.2) is 47.3 Å². The Morgan fingerprint density at radius 3 is 2.47 bits per heavy atom. The van der Waals surface area contributed by atoms with E-state index in [2.05, 4.69) is 9.88 Å². The minimum Gasteiger partial charge on any atom is -0.497 e. The molecule has 0 spiro atoms. The van der Waals surface area contributed by atoms with Gasteiger partial charge in [0.2, 0.25) is 0 Å². The largest absolute Gasteiger partial charge is 0.497 e. The van der Waals surface area contributed by atoms with Gasteiger partial charge in [0.05, 0.1) is 30.3 Å². The number of likely N-dealkylation sites (tertiary alicyclic amines) is 1. The van der Waals surface area contributed by atoms with Crippen molar-refractivity contribution in [1.82, 2.24) is 14.5 Å². The van der Waals surface area contributed by atoms with Crippen LogP contribution in [0.3, 0.4) is 0 Å². The summed E-state index contributed by atoms with van der Waals surface area (Å²) in [6.07, 6.45) is 5.03. The summed E-state index contributed by atoms with van der Waals surface area (Å²) in [5.74, 6) is 2.14. The monoisotopic (exact) mass is 407 g/mol. The third kappa shape index (κ3) is 4.49. The van der Waals surface area contributed by atoms with Crippen LogP contribution >= 0.6 is 0 Å². The highest BCUT2D eigenvalue weighted by Crippen LogP contribution is 2.20. The number of ether oxygens (including phenoxy) is 2. The van der Waals surface area contributed by atoms with E-state index in [0.29, 0.717) is 29.1 Å². The average Bonchev–Trinajstić information content (AvgIpc) is 2.78. The van der Waals surface area contributed by atoms with Crippen molar-refractivity contribution in [1.29, 1.82) is 0 Å². The van der Waals surface area contributed by atoms with Crippen LogP contribution in [0, 0.1) is 6.92 Å². The predicted octanol–water partition coefficient (Wildman–Crippen LogP) is 3.96. The average molecular weight is 408 g/mol. The molecule has 1 aliphatic heterocycles. The third-order valence-corrected chi connectivity index (χ3v) is 5.68. The van der Waals surface area contributed by atoms with Gasteiger partial charge in [-0.3, -0.25) is 9.36 Å². The molecule has 1 aliphatic rings. The molecule has 0 bridgehead atoms. The van der Waals surface area contributed by atoms with Crippen molar-refractivity contribution in [3.63, 3.8) is 0 Å². The molecule has 6 nitrogen and oxygen atoms in total. The molecule has 1 saturated heterocycles. The number of piperidine rings is 1. The number of benzene rings is 2. The van der Waals surface area contributed by atoms with Crippen molar-refractivity contribution < 1.29 is 9.47 Å². The standard InChI is InChI=1S/C24H29N3O3/c1-18-25-23-17-21(29-2)11-12-22(23)24(28)27(18)19-7-9-20(10-8-19)30-16-6-15-26-13-4-3-5-14-26/h7-12,17H,3-6,13-16H2,1-2H3. The quantitative estimate of drug-likeness (QED) is 0.555. The van der Waals surface area contributed by atoms with Crippen molar-refractivity contribution in [3.8, 4) is 17.2 Å². The predicted molar refractivity (Wildman–Crippen MR) is 119 cm³/mol. The van der Waals surface area contributed by atoms with Crippen LogP contribution in [0.5, 0.6) is 11.5 Å². The van der Waals surface area contributed by atoms with Gasteiger partial charge in [-0.05, 0) is 75.7 Å². The van der Waals surface area contributed by atoms with E-state index >= 15 is 0 Å². The van der Waals surface area contributed by atoms with E-state index in [4.69, 9.17) is 9.47 Å². The Morgan fingerprint density at radius 1 is 1.00 bits per heavy atom. The number of nitrogens with zero attached hydrogens (tertiary/aromatic N) is 3. The second-order valence-corrected chi connectivity index (χ2v) is 7.78. The zero-order chi connectivity index (χ0) is 20.9. The van der Waals surface area contributed by atoms with E-state index in [-0.39, 0.29) is 5.56 Å². The number of fused-ring (bicyclic) bond motifs is 1. The summed E-state index contributed by atoms with van der Waals surface area (Å²) < 4.78 is 12.8. The van der Waals surface area contributed by atoms with Crippen LogP contribution < -0.4 is 15.0 Å². The maximum absolute atomic E-state index is 13.0. The summed E-state index contributed by atoms with van der Waals surface area (Å²) in [7, 11) is 1.60. The fourth-order valence-electron chi connectivity index (χ4n) is 4.06. The number of hydrogen-bond acceptors (Lipinski definition) is 5. The normalized spacial score (nSPS) is 14.7. The van der Waals surface area contributed by atoms with Crippen LogP contribution in [-0.2, 0) is 0 Å². The highest BCUT2D eigenvalue weighted by atomic mass is 16.5. The second kappa shape index (κ2) is 9.30. The van der Waals surface area contributed by atoms with Gasteiger partial charge in [-0.2, -0.15) is 0 Å². The topological polar surface area (TPSA) is 56.6 Å². The molecule has 158 valence electrons. The molecule has 0 unspecified atom stereocenters. The number of rotatable bonds is 7. The lowest BCUT2D eigenvalue weighted by Gasteiger charge is -2.26. The molecule has 1 aromatic heterocycles. The first kappa shape index (κ1) is 20.4. The fraction of sp³-hybridized carbons (Fsp3) is 0.417. The van der Waals surface area contributed by atoms with Crippen molar-refractivity contribution in [2.24, 2.45) is 0 Å². The Labute approximate surface area is 177 Å². The third-order valence-electron chi connectivity index (χ3n) is 5.68. The molecule has 0 atom stereocenters. The maximum Gasteiger partial charge on any atom is 0.265 e. The van der Waals surface area contributed by atoms with E-state index in [9.17, 15) is 4.79 Å². The van der Waals surface area contributed by atoms with E-state index in [0.717, 1.165) is 24.4 Å². The Kier molecular flexibility index (Phi) is 6.33. The molecule has 6 heteroatoms. The molecule has 0 N–H and O–H groups in total. The van der Waals surface area contributed by atoms with E-state index in [1.807, 2.05) is 31.2 Å². The zero-order valence-electron chi connectivity index (χ0n) is 17.8. The minimum absolute atomic E-state index is 0.0876. The van der Waals surface area contributed by atoms with Gasteiger partial charge in [0.1, 0.15) is 17.3 Å². The lowest BCUT2D eigenvalue weighted by Crippen LogP contribution is -2.31. The lowest BCUT2D eigenvalue weighted by molar-refractivity contribution is 0.205. The van der Waals surface area contributed by atoms with Crippen LogP contribution in [0.25, 0.3) is 16.6 Å². The molecule has 2 aromatic carbocycles. The van der Waals surface area contributed by atoms with Gasteiger partial charge < -0.3 is 14.4 Å². The summed E-state index contributed by atoms with van der Waals surface area (Å²) >= 11 is 0. The first-order valence-corrected chi connectivity index (χ1v) is 10.7. The first-order valence-electron chi connectivity index (χ1n) is 10.7. The van der Waals surface area contributed by atoms with Crippen molar-refractivity contribution >= 4 is 10.9 Å². The number of aromatic nitrogens is 2. The molecule has 4 rings (SSSR count). The highest BCUT2D eigenvalue weighted by Gasteiger charge is 2.12. The van der Waals surface area contributed by atoms with Crippen LogP contribution in [-0.4, -0.2) is 47.8 Å². The number of methoxy groups -OCH3 is 1. The summed E-state index contributed by atoms with van der Waals surface area (Å²) in [6.45, 7) is 6.07. The smallest absolute Gasteiger partial charge is 0.265 e. The maximum atomic E-state index is 13.0. The van der Waals surface area contributed by atoms with Gasteiger partial charge in [-0.1, -0.05) is 6.42 Å². The molecular formula is C24H29N3O3. The highest BCUT2D eigenvalue weighted by molar-refractivity contribution is 5.79.